The number of hydrogen-bond donors (Lipinski definition) is 1. The summed E-state index contributed by atoms with van der Waals surface area (Å²) in [6.45, 7) is 4.78. The van der Waals surface area contributed by atoms with Gasteiger partial charge >= 0.3 is 5.97 Å². The number of halogens is 1. The molecule has 0 aliphatic carbocycles. The van der Waals surface area contributed by atoms with Crippen LogP contribution >= 0.6 is 11.6 Å². The monoisotopic (exact) mass is 269 g/mol. The maximum Gasteiger partial charge on any atom is 0.335 e. The first kappa shape index (κ1) is 13.1. The molecule has 0 spiro atoms. The van der Waals surface area contributed by atoms with Crippen molar-refractivity contribution in [3.8, 4) is 0 Å². The number of nitrogens with zero attached hydrogens (tertiary/aromatic N) is 3. The summed E-state index contributed by atoms with van der Waals surface area (Å²) in [5, 5.41) is 9.25. The summed E-state index contributed by atoms with van der Waals surface area (Å²) in [5.74, 6) is -0.345. The Bertz CT molecular complexity index is 467. The van der Waals surface area contributed by atoms with Gasteiger partial charge in [0.15, 0.2) is 0 Å². The van der Waals surface area contributed by atoms with Gasteiger partial charge in [0, 0.05) is 25.7 Å². The van der Waals surface area contributed by atoms with Crippen LogP contribution in [-0.2, 0) is 0 Å². The number of rotatable bonds is 2. The number of anilines is 1. The van der Waals surface area contributed by atoms with Crippen LogP contribution in [0.25, 0.3) is 0 Å². The zero-order chi connectivity index (χ0) is 13.3. The molecule has 5 nitrogen and oxygen atoms in total. The first-order valence-corrected chi connectivity index (χ1v) is 6.21. The minimum atomic E-state index is -0.984. The fourth-order valence-corrected chi connectivity index (χ4v) is 2.44. The van der Waals surface area contributed by atoms with E-state index in [-0.39, 0.29) is 16.8 Å². The maximum absolute atomic E-state index is 11.0. The van der Waals surface area contributed by atoms with Crippen molar-refractivity contribution in [3.05, 3.63) is 22.8 Å². The quantitative estimate of drug-likeness (QED) is 0.826. The standard InChI is InChI=1S/C12H16ClN3O2/c1-8-7-15(2)3-4-16(8)11-6-9(12(17)18)5-10(13)14-11/h5-6,8H,3-4,7H2,1-2H3,(H,17,18). The molecule has 0 radical (unpaired) electrons. The molecule has 0 aromatic carbocycles. The van der Waals surface area contributed by atoms with Gasteiger partial charge in [0.2, 0.25) is 0 Å². The Morgan fingerprint density at radius 3 is 2.83 bits per heavy atom. The van der Waals surface area contributed by atoms with Gasteiger partial charge in [0.1, 0.15) is 11.0 Å². The predicted molar refractivity (Wildman–Crippen MR) is 70.5 cm³/mol. The smallest absolute Gasteiger partial charge is 0.335 e. The van der Waals surface area contributed by atoms with Crippen molar-refractivity contribution in [2.45, 2.75) is 13.0 Å². The minimum absolute atomic E-state index is 0.177. The van der Waals surface area contributed by atoms with Crippen molar-refractivity contribution >= 4 is 23.4 Å². The summed E-state index contributed by atoms with van der Waals surface area (Å²) in [4.78, 5) is 19.6. The van der Waals surface area contributed by atoms with E-state index in [0.717, 1.165) is 19.6 Å². The third kappa shape index (κ3) is 2.73. The van der Waals surface area contributed by atoms with E-state index in [1.54, 1.807) is 6.07 Å². The van der Waals surface area contributed by atoms with Crippen molar-refractivity contribution in [2.75, 3.05) is 31.6 Å². The molecule has 1 aliphatic rings. The lowest BCUT2D eigenvalue weighted by atomic mass is 10.2. The average molecular weight is 270 g/mol. The van der Waals surface area contributed by atoms with Crippen LogP contribution in [0, 0.1) is 0 Å². The summed E-state index contributed by atoms with van der Waals surface area (Å²) < 4.78 is 0. The third-order valence-corrected chi connectivity index (χ3v) is 3.35. The van der Waals surface area contributed by atoms with Gasteiger partial charge in [0.25, 0.3) is 0 Å². The number of piperazine rings is 1. The van der Waals surface area contributed by atoms with Crippen LogP contribution in [0.15, 0.2) is 12.1 Å². The summed E-state index contributed by atoms with van der Waals surface area (Å²) in [7, 11) is 2.07. The van der Waals surface area contributed by atoms with Crippen LogP contribution in [0.3, 0.4) is 0 Å². The molecule has 98 valence electrons. The number of aromatic nitrogens is 1. The molecule has 1 aromatic heterocycles. The Morgan fingerprint density at radius 1 is 1.50 bits per heavy atom. The molecule has 6 heteroatoms. The number of pyridine rings is 1. The van der Waals surface area contributed by atoms with E-state index in [9.17, 15) is 4.79 Å². The van der Waals surface area contributed by atoms with E-state index in [1.807, 2.05) is 0 Å². The number of carboxylic acids is 1. The van der Waals surface area contributed by atoms with Crippen LogP contribution in [0.2, 0.25) is 5.15 Å². The molecule has 1 aromatic rings. The van der Waals surface area contributed by atoms with E-state index in [0.29, 0.717) is 5.82 Å². The molecule has 1 atom stereocenters. The minimum Gasteiger partial charge on any atom is -0.478 e. The molecule has 1 N–H and O–H groups in total. The largest absolute Gasteiger partial charge is 0.478 e. The first-order chi connectivity index (χ1) is 8.47. The molecule has 1 fully saturated rings. The highest BCUT2D eigenvalue weighted by molar-refractivity contribution is 6.29. The van der Waals surface area contributed by atoms with Crippen molar-refractivity contribution in [2.24, 2.45) is 0 Å². The summed E-state index contributed by atoms with van der Waals surface area (Å²) in [6, 6.07) is 3.24. The van der Waals surface area contributed by atoms with Crippen LogP contribution in [-0.4, -0.2) is 53.7 Å². The number of likely N-dealkylation sites (N-methyl/N-ethyl adjacent to an activating group) is 1. The van der Waals surface area contributed by atoms with Crippen molar-refractivity contribution in [3.63, 3.8) is 0 Å². The zero-order valence-corrected chi connectivity index (χ0v) is 11.2. The highest BCUT2D eigenvalue weighted by atomic mass is 35.5. The molecular formula is C12H16ClN3O2. The van der Waals surface area contributed by atoms with Gasteiger partial charge in [-0.2, -0.15) is 0 Å². The number of carbonyl (C=O) groups is 1. The lowest BCUT2D eigenvalue weighted by molar-refractivity contribution is 0.0696. The molecule has 1 aliphatic heterocycles. The second-order valence-corrected chi connectivity index (χ2v) is 5.03. The van der Waals surface area contributed by atoms with E-state index < -0.39 is 5.97 Å². The normalized spacial score (nSPS) is 21.1. The second kappa shape index (κ2) is 5.12. The number of carboxylic acid groups (broad SMARTS) is 1. The molecule has 2 rings (SSSR count). The highest BCUT2D eigenvalue weighted by Crippen LogP contribution is 2.22. The van der Waals surface area contributed by atoms with Crippen LogP contribution in [0.5, 0.6) is 0 Å². The van der Waals surface area contributed by atoms with Gasteiger partial charge in [-0.15, -0.1) is 0 Å². The average Bonchev–Trinajstić information content (AvgIpc) is 2.27. The fraction of sp³-hybridized carbons (Fsp3) is 0.500. The molecular weight excluding hydrogens is 254 g/mol. The Kier molecular flexibility index (Phi) is 3.73. The predicted octanol–water partition coefficient (Wildman–Crippen LogP) is 1.57. The molecule has 2 heterocycles. The Hall–Kier alpha value is -1.33. The van der Waals surface area contributed by atoms with E-state index in [4.69, 9.17) is 16.7 Å². The second-order valence-electron chi connectivity index (χ2n) is 4.65. The zero-order valence-electron chi connectivity index (χ0n) is 10.4. The van der Waals surface area contributed by atoms with Crippen LogP contribution in [0.1, 0.15) is 17.3 Å². The Morgan fingerprint density at radius 2 is 2.22 bits per heavy atom. The van der Waals surface area contributed by atoms with E-state index in [1.165, 1.54) is 6.07 Å². The van der Waals surface area contributed by atoms with Crippen molar-refractivity contribution in [1.82, 2.24) is 9.88 Å². The van der Waals surface area contributed by atoms with Crippen molar-refractivity contribution in [1.29, 1.82) is 0 Å². The summed E-state index contributed by atoms with van der Waals surface area (Å²) >= 11 is 5.88. The summed E-state index contributed by atoms with van der Waals surface area (Å²) in [5.41, 5.74) is 0.177. The van der Waals surface area contributed by atoms with Gasteiger partial charge in [-0.1, -0.05) is 11.6 Å². The van der Waals surface area contributed by atoms with Crippen molar-refractivity contribution < 1.29 is 9.90 Å². The van der Waals surface area contributed by atoms with Crippen LogP contribution < -0.4 is 4.90 Å². The molecule has 1 saturated heterocycles. The van der Waals surface area contributed by atoms with Crippen LogP contribution in [0.4, 0.5) is 5.82 Å². The van der Waals surface area contributed by atoms with E-state index in [2.05, 4.69) is 28.8 Å². The molecule has 0 saturated carbocycles. The summed E-state index contributed by atoms with van der Waals surface area (Å²) in [6.07, 6.45) is 0. The van der Waals surface area contributed by atoms with Gasteiger partial charge in [-0.25, -0.2) is 9.78 Å². The SMILES string of the molecule is CC1CN(C)CCN1c1cc(C(=O)O)cc(Cl)n1. The lowest BCUT2D eigenvalue weighted by Gasteiger charge is -2.39. The Labute approximate surface area is 111 Å². The molecule has 18 heavy (non-hydrogen) atoms. The highest BCUT2D eigenvalue weighted by Gasteiger charge is 2.23. The first-order valence-electron chi connectivity index (χ1n) is 5.83. The molecule has 0 amide bonds. The number of aromatic carboxylic acids is 1. The van der Waals surface area contributed by atoms with Gasteiger partial charge < -0.3 is 14.9 Å². The van der Waals surface area contributed by atoms with E-state index >= 15 is 0 Å². The fourth-order valence-electron chi connectivity index (χ4n) is 2.23. The molecule has 0 bridgehead atoms. The van der Waals surface area contributed by atoms with Gasteiger partial charge in [0.05, 0.1) is 5.56 Å². The number of hydrogen-bond acceptors (Lipinski definition) is 4. The maximum atomic E-state index is 11.0. The third-order valence-electron chi connectivity index (χ3n) is 3.15. The van der Waals surface area contributed by atoms with Gasteiger partial charge in [-0.05, 0) is 26.1 Å². The van der Waals surface area contributed by atoms with Gasteiger partial charge in [-0.3, -0.25) is 0 Å². The Balaban J connectivity index is 2.30. The topological polar surface area (TPSA) is 56.7 Å². The molecule has 1 unspecified atom stereocenters. The lowest BCUT2D eigenvalue weighted by Crippen LogP contribution is -2.50.